The Hall–Kier alpha value is -1.84. The van der Waals surface area contributed by atoms with Crippen molar-refractivity contribution >= 4 is 40.3 Å². The van der Waals surface area contributed by atoms with Gasteiger partial charge in [-0.3, -0.25) is 9.59 Å². The zero-order valence-electron chi connectivity index (χ0n) is 13.2. The number of carbonyl (C=O) groups excluding carboxylic acids is 2. The minimum absolute atomic E-state index is 0.0273. The molecule has 0 bridgehead atoms. The summed E-state index contributed by atoms with van der Waals surface area (Å²) >= 11 is 7.30. The first kappa shape index (κ1) is 18.5. The van der Waals surface area contributed by atoms with Crippen molar-refractivity contribution in [1.29, 1.82) is 5.26 Å². The first-order valence-corrected chi connectivity index (χ1v) is 8.97. The quantitative estimate of drug-likeness (QED) is 0.746. The van der Waals surface area contributed by atoms with Crippen molar-refractivity contribution in [2.75, 3.05) is 12.4 Å². The average molecular weight is 365 g/mol. The molecule has 0 spiro atoms. The highest BCUT2D eigenvalue weighted by atomic mass is 35.5. The van der Waals surface area contributed by atoms with E-state index in [0.29, 0.717) is 16.7 Å². The van der Waals surface area contributed by atoms with E-state index < -0.39 is 5.92 Å². The van der Waals surface area contributed by atoms with Crippen LogP contribution >= 0.6 is 23.4 Å². The molecule has 0 aliphatic carbocycles. The topological polar surface area (TPSA) is 79.5 Å². The van der Waals surface area contributed by atoms with Crippen LogP contribution in [0.3, 0.4) is 0 Å². The molecule has 126 valence electrons. The standard InChI is InChI=1S/C17H17ClN2O3S/c1-2-7-23-16(22)10-24-17-13(9-19)12(8-15(21)20-17)11-5-3-4-6-14(11)18/h3-6,12-13H,2,7-8,10H2,1H3. The van der Waals surface area contributed by atoms with Crippen LogP contribution in [0.15, 0.2) is 29.3 Å². The number of halogens is 1. The van der Waals surface area contributed by atoms with Crippen LogP contribution in [0.1, 0.15) is 31.2 Å². The van der Waals surface area contributed by atoms with Gasteiger partial charge < -0.3 is 4.74 Å². The van der Waals surface area contributed by atoms with Gasteiger partial charge in [0.2, 0.25) is 5.91 Å². The molecule has 1 aromatic carbocycles. The zero-order chi connectivity index (χ0) is 17.5. The summed E-state index contributed by atoms with van der Waals surface area (Å²) in [7, 11) is 0. The fourth-order valence-electron chi connectivity index (χ4n) is 2.44. The maximum Gasteiger partial charge on any atom is 0.316 e. The predicted octanol–water partition coefficient (Wildman–Crippen LogP) is 3.58. The van der Waals surface area contributed by atoms with E-state index in [1.807, 2.05) is 19.1 Å². The Morgan fingerprint density at radius 1 is 1.50 bits per heavy atom. The lowest BCUT2D eigenvalue weighted by Crippen LogP contribution is -2.28. The second-order valence-corrected chi connectivity index (χ2v) is 6.69. The molecule has 2 unspecified atom stereocenters. The Balaban J connectivity index is 2.16. The van der Waals surface area contributed by atoms with Gasteiger partial charge in [0.25, 0.3) is 0 Å². The largest absolute Gasteiger partial charge is 0.465 e. The Bertz CT molecular complexity index is 699. The molecule has 24 heavy (non-hydrogen) atoms. The number of hydrogen-bond donors (Lipinski definition) is 0. The van der Waals surface area contributed by atoms with Crippen molar-refractivity contribution in [1.82, 2.24) is 0 Å². The van der Waals surface area contributed by atoms with Gasteiger partial charge in [-0.05, 0) is 18.1 Å². The number of carbonyl (C=O) groups is 2. The Morgan fingerprint density at radius 2 is 2.25 bits per heavy atom. The van der Waals surface area contributed by atoms with Gasteiger partial charge in [-0.2, -0.15) is 5.26 Å². The summed E-state index contributed by atoms with van der Waals surface area (Å²) in [5, 5.41) is 10.4. The van der Waals surface area contributed by atoms with Crippen LogP contribution in [0.4, 0.5) is 0 Å². The van der Waals surface area contributed by atoms with Gasteiger partial charge in [0.05, 0.1) is 23.5 Å². The molecule has 2 atom stereocenters. The van der Waals surface area contributed by atoms with Crippen molar-refractivity contribution in [2.45, 2.75) is 25.7 Å². The van der Waals surface area contributed by atoms with Gasteiger partial charge in [-0.15, -0.1) is 0 Å². The summed E-state index contributed by atoms with van der Waals surface area (Å²) < 4.78 is 5.00. The fourth-order valence-corrected chi connectivity index (χ4v) is 3.63. The number of ether oxygens (including phenoxy) is 1. The first-order chi connectivity index (χ1) is 11.6. The summed E-state index contributed by atoms with van der Waals surface area (Å²) in [5.41, 5.74) is 0.751. The van der Waals surface area contributed by atoms with Gasteiger partial charge >= 0.3 is 5.97 Å². The maximum atomic E-state index is 12.0. The van der Waals surface area contributed by atoms with E-state index in [0.717, 1.165) is 23.7 Å². The number of aliphatic imine (C=N–C) groups is 1. The molecule has 0 N–H and O–H groups in total. The van der Waals surface area contributed by atoms with Crippen molar-refractivity contribution in [3.8, 4) is 6.07 Å². The molecule has 0 saturated carbocycles. The third-order valence-corrected chi connectivity index (χ3v) is 4.91. The summed E-state index contributed by atoms with van der Waals surface area (Å²) in [6, 6.07) is 9.37. The number of hydrogen-bond acceptors (Lipinski definition) is 5. The monoisotopic (exact) mass is 364 g/mol. The summed E-state index contributed by atoms with van der Waals surface area (Å²) in [4.78, 5) is 27.6. The molecule has 1 aliphatic heterocycles. The fraction of sp³-hybridized carbons (Fsp3) is 0.412. The number of benzene rings is 1. The molecule has 0 aromatic heterocycles. The molecule has 0 fully saturated rings. The molecule has 2 rings (SSSR count). The Labute approximate surface area is 150 Å². The van der Waals surface area contributed by atoms with E-state index in [1.54, 1.807) is 12.1 Å². The van der Waals surface area contributed by atoms with Crippen molar-refractivity contribution in [3.63, 3.8) is 0 Å². The van der Waals surface area contributed by atoms with E-state index in [4.69, 9.17) is 16.3 Å². The van der Waals surface area contributed by atoms with E-state index in [2.05, 4.69) is 11.1 Å². The number of rotatable bonds is 5. The van der Waals surface area contributed by atoms with E-state index >= 15 is 0 Å². The van der Waals surface area contributed by atoms with Gasteiger partial charge in [0.15, 0.2) is 0 Å². The molecule has 1 aliphatic rings. The highest BCUT2D eigenvalue weighted by Gasteiger charge is 2.35. The van der Waals surface area contributed by atoms with Gasteiger partial charge in [0.1, 0.15) is 5.92 Å². The second-order valence-electron chi connectivity index (χ2n) is 5.29. The summed E-state index contributed by atoms with van der Waals surface area (Å²) in [6.45, 7) is 2.26. The van der Waals surface area contributed by atoms with Crippen LogP contribution in [0.25, 0.3) is 0 Å². The van der Waals surface area contributed by atoms with Crippen LogP contribution in [-0.4, -0.2) is 29.3 Å². The minimum Gasteiger partial charge on any atom is -0.465 e. The van der Waals surface area contributed by atoms with Gasteiger partial charge in [-0.25, -0.2) is 4.99 Å². The molecule has 1 amide bonds. The van der Waals surface area contributed by atoms with Crippen molar-refractivity contribution < 1.29 is 14.3 Å². The Kier molecular flexibility index (Phi) is 6.83. The molecular formula is C17H17ClN2O3S. The summed E-state index contributed by atoms with van der Waals surface area (Å²) in [5.74, 6) is -1.63. The van der Waals surface area contributed by atoms with Crippen molar-refractivity contribution in [2.24, 2.45) is 10.9 Å². The number of esters is 1. The predicted molar refractivity (Wildman–Crippen MR) is 94.1 cm³/mol. The maximum absolute atomic E-state index is 12.0. The number of nitrogens with zero attached hydrogens (tertiary/aromatic N) is 2. The van der Waals surface area contributed by atoms with Crippen LogP contribution in [-0.2, 0) is 14.3 Å². The highest BCUT2D eigenvalue weighted by molar-refractivity contribution is 8.14. The van der Waals surface area contributed by atoms with E-state index in [1.165, 1.54) is 0 Å². The van der Waals surface area contributed by atoms with Crippen LogP contribution in [0.5, 0.6) is 0 Å². The molecular weight excluding hydrogens is 348 g/mol. The lowest BCUT2D eigenvalue weighted by atomic mass is 9.83. The lowest BCUT2D eigenvalue weighted by molar-refractivity contribution is -0.140. The van der Waals surface area contributed by atoms with Crippen LogP contribution in [0, 0.1) is 17.2 Å². The Morgan fingerprint density at radius 3 is 2.92 bits per heavy atom. The molecule has 1 aromatic rings. The molecule has 5 nitrogen and oxygen atoms in total. The molecule has 0 radical (unpaired) electrons. The van der Waals surface area contributed by atoms with Crippen LogP contribution < -0.4 is 0 Å². The average Bonchev–Trinajstić information content (AvgIpc) is 2.58. The second kappa shape index (κ2) is 8.86. The highest BCUT2D eigenvalue weighted by Crippen LogP contribution is 2.38. The van der Waals surface area contributed by atoms with Crippen molar-refractivity contribution in [3.05, 3.63) is 34.9 Å². The summed E-state index contributed by atoms with van der Waals surface area (Å²) in [6.07, 6.45) is 0.873. The van der Waals surface area contributed by atoms with Gasteiger partial charge in [0, 0.05) is 17.4 Å². The van der Waals surface area contributed by atoms with Gasteiger partial charge in [-0.1, -0.05) is 48.5 Å². The molecule has 1 heterocycles. The smallest absolute Gasteiger partial charge is 0.316 e. The number of nitriles is 1. The zero-order valence-corrected chi connectivity index (χ0v) is 14.8. The molecule has 0 saturated heterocycles. The van der Waals surface area contributed by atoms with Crippen LogP contribution in [0.2, 0.25) is 5.02 Å². The first-order valence-electron chi connectivity index (χ1n) is 7.60. The third-order valence-electron chi connectivity index (χ3n) is 3.55. The SMILES string of the molecule is CCCOC(=O)CSC1=NC(=O)CC(c2ccccc2Cl)C1C#N. The molecule has 7 heteroatoms. The third kappa shape index (κ3) is 4.59. The lowest BCUT2D eigenvalue weighted by Gasteiger charge is -2.26. The van der Waals surface area contributed by atoms with E-state index in [-0.39, 0.29) is 30.0 Å². The van der Waals surface area contributed by atoms with E-state index in [9.17, 15) is 14.9 Å². The number of thioether (sulfide) groups is 1. The normalized spacial score (nSPS) is 20.2. The number of amides is 1. The minimum atomic E-state index is -0.605.